The average Bonchev–Trinajstić information content (AvgIpc) is 2.06. The van der Waals surface area contributed by atoms with Crippen LogP contribution in [0, 0.1) is 29.1 Å². The lowest BCUT2D eigenvalue weighted by Crippen LogP contribution is -2.37. The third-order valence-electron chi connectivity index (χ3n) is 4.38. The summed E-state index contributed by atoms with van der Waals surface area (Å²) in [5.74, 6) is 3.77. The summed E-state index contributed by atoms with van der Waals surface area (Å²) in [5, 5.41) is 0. The van der Waals surface area contributed by atoms with E-state index in [1.807, 2.05) is 0 Å². The van der Waals surface area contributed by atoms with E-state index in [0.717, 1.165) is 23.7 Å². The van der Waals surface area contributed by atoms with Crippen molar-refractivity contribution in [3.63, 3.8) is 0 Å². The average molecular weight is 196 g/mol. The predicted octanol–water partition coefficient (Wildman–Crippen LogP) is 4.74. The third-order valence-corrected chi connectivity index (χ3v) is 4.38. The second-order valence-corrected chi connectivity index (χ2v) is 6.58. The monoisotopic (exact) mass is 196 g/mol. The molecule has 0 aromatic heterocycles. The molecule has 0 heterocycles. The molecule has 0 aromatic rings. The molecular formula is C14H28. The lowest BCUT2D eigenvalue weighted by Gasteiger charge is -2.45. The Bertz CT molecular complexity index is 175. The van der Waals surface area contributed by atoms with Crippen LogP contribution in [-0.4, -0.2) is 0 Å². The Balaban J connectivity index is 2.75. The van der Waals surface area contributed by atoms with Crippen molar-refractivity contribution in [2.45, 2.75) is 60.8 Å². The Labute approximate surface area is 90.5 Å². The van der Waals surface area contributed by atoms with Crippen molar-refractivity contribution in [3.8, 4) is 0 Å². The van der Waals surface area contributed by atoms with Crippen LogP contribution in [-0.2, 0) is 0 Å². The van der Waals surface area contributed by atoms with Gasteiger partial charge >= 0.3 is 0 Å². The van der Waals surface area contributed by atoms with E-state index in [-0.39, 0.29) is 0 Å². The Kier molecular flexibility index (Phi) is 3.66. The predicted molar refractivity (Wildman–Crippen MR) is 64.3 cm³/mol. The Hall–Kier alpha value is 0. The van der Waals surface area contributed by atoms with Gasteiger partial charge in [0.2, 0.25) is 0 Å². The first kappa shape index (κ1) is 12.1. The van der Waals surface area contributed by atoms with E-state index in [2.05, 4.69) is 41.5 Å². The molecule has 0 spiro atoms. The third kappa shape index (κ3) is 2.52. The molecule has 0 heteroatoms. The summed E-state index contributed by atoms with van der Waals surface area (Å²) in [5.41, 5.74) is 0.502. The molecule has 4 unspecified atom stereocenters. The van der Waals surface area contributed by atoms with Crippen LogP contribution in [0.15, 0.2) is 0 Å². The van der Waals surface area contributed by atoms with Crippen molar-refractivity contribution in [1.29, 1.82) is 0 Å². The molecule has 0 amide bonds. The van der Waals surface area contributed by atoms with Crippen molar-refractivity contribution in [1.82, 2.24) is 0 Å². The maximum Gasteiger partial charge on any atom is -0.0334 e. The molecule has 1 saturated carbocycles. The fourth-order valence-corrected chi connectivity index (χ4v) is 3.49. The molecule has 1 aliphatic carbocycles. The molecule has 14 heavy (non-hydrogen) atoms. The molecule has 1 rings (SSSR count). The molecule has 84 valence electrons. The van der Waals surface area contributed by atoms with Gasteiger partial charge in [0.05, 0.1) is 0 Å². The highest BCUT2D eigenvalue weighted by Gasteiger charge is 2.38. The summed E-state index contributed by atoms with van der Waals surface area (Å²) in [6.45, 7) is 14.5. The maximum absolute atomic E-state index is 2.48. The summed E-state index contributed by atoms with van der Waals surface area (Å²) in [6, 6.07) is 0. The molecule has 0 aliphatic heterocycles. The molecule has 0 nitrogen and oxygen atoms in total. The van der Waals surface area contributed by atoms with Crippen LogP contribution in [0.5, 0.6) is 0 Å². The first-order valence-corrected chi connectivity index (χ1v) is 6.36. The minimum atomic E-state index is 0.502. The Morgan fingerprint density at radius 2 is 1.64 bits per heavy atom. The zero-order valence-electron chi connectivity index (χ0n) is 10.9. The van der Waals surface area contributed by atoms with Crippen molar-refractivity contribution in [2.24, 2.45) is 29.1 Å². The number of hydrogen-bond acceptors (Lipinski definition) is 0. The molecule has 1 aliphatic rings. The fraction of sp³-hybridized carbons (Fsp3) is 1.00. The summed E-state index contributed by atoms with van der Waals surface area (Å²) < 4.78 is 0. The largest absolute Gasteiger partial charge is 0.0651 e. The lowest BCUT2D eigenvalue weighted by molar-refractivity contribution is 0.0433. The van der Waals surface area contributed by atoms with Crippen LogP contribution in [0.1, 0.15) is 60.8 Å². The maximum atomic E-state index is 2.48. The minimum absolute atomic E-state index is 0.502. The smallest absolute Gasteiger partial charge is 0.0334 e. The summed E-state index contributed by atoms with van der Waals surface area (Å²) in [6.07, 6.45) is 4.28. The molecule has 0 N–H and O–H groups in total. The van der Waals surface area contributed by atoms with Crippen LogP contribution in [0.2, 0.25) is 0 Å². The van der Waals surface area contributed by atoms with Crippen molar-refractivity contribution >= 4 is 0 Å². The zero-order chi connectivity index (χ0) is 10.9. The second-order valence-electron chi connectivity index (χ2n) is 6.58. The van der Waals surface area contributed by atoms with Gasteiger partial charge in [-0.1, -0.05) is 48.0 Å². The molecule has 0 saturated heterocycles. The highest BCUT2D eigenvalue weighted by Crippen LogP contribution is 2.47. The van der Waals surface area contributed by atoms with Crippen LogP contribution in [0.4, 0.5) is 0 Å². The first-order chi connectivity index (χ1) is 6.36. The molecule has 1 fully saturated rings. The van der Waals surface area contributed by atoms with Gasteiger partial charge < -0.3 is 0 Å². The summed E-state index contributed by atoms with van der Waals surface area (Å²) in [7, 11) is 0. The quantitative estimate of drug-likeness (QED) is 0.568. The van der Waals surface area contributed by atoms with E-state index >= 15 is 0 Å². The van der Waals surface area contributed by atoms with Gasteiger partial charge in [-0.15, -0.1) is 0 Å². The van der Waals surface area contributed by atoms with E-state index in [4.69, 9.17) is 0 Å². The molecule has 4 atom stereocenters. The van der Waals surface area contributed by atoms with Crippen LogP contribution < -0.4 is 0 Å². The SMILES string of the molecule is CCC1CC(C)CC(C(C)(C)C)C1C. The minimum Gasteiger partial charge on any atom is -0.0651 e. The summed E-state index contributed by atoms with van der Waals surface area (Å²) in [4.78, 5) is 0. The lowest BCUT2D eigenvalue weighted by atomic mass is 9.60. The van der Waals surface area contributed by atoms with Crippen LogP contribution >= 0.6 is 0 Å². The van der Waals surface area contributed by atoms with Gasteiger partial charge in [0.1, 0.15) is 0 Å². The molecule has 0 bridgehead atoms. The van der Waals surface area contributed by atoms with E-state index in [0.29, 0.717) is 5.41 Å². The zero-order valence-corrected chi connectivity index (χ0v) is 10.9. The first-order valence-electron chi connectivity index (χ1n) is 6.36. The van der Waals surface area contributed by atoms with Gasteiger partial charge in [-0.2, -0.15) is 0 Å². The second kappa shape index (κ2) is 4.24. The van der Waals surface area contributed by atoms with E-state index in [1.54, 1.807) is 0 Å². The standard InChI is InChI=1S/C14H28/c1-7-12-8-10(2)9-13(11(12)3)14(4,5)6/h10-13H,7-9H2,1-6H3. The van der Waals surface area contributed by atoms with E-state index < -0.39 is 0 Å². The number of hydrogen-bond donors (Lipinski definition) is 0. The number of rotatable bonds is 1. The molecular weight excluding hydrogens is 168 g/mol. The van der Waals surface area contributed by atoms with Gasteiger partial charge in [0.25, 0.3) is 0 Å². The fourth-order valence-electron chi connectivity index (χ4n) is 3.49. The molecule has 0 radical (unpaired) electrons. The Morgan fingerprint density at radius 3 is 2.07 bits per heavy atom. The van der Waals surface area contributed by atoms with E-state index in [1.165, 1.54) is 19.3 Å². The van der Waals surface area contributed by atoms with Crippen LogP contribution in [0.3, 0.4) is 0 Å². The van der Waals surface area contributed by atoms with Crippen molar-refractivity contribution in [3.05, 3.63) is 0 Å². The van der Waals surface area contributed by atoms with Gasteiger partial charge in [0.15, 0.2) is 0 Å². The topological polar surface area (TPSA) is 0 Å². The summed E-state index contributed by atoms with van der Waals surface area (Å²) >= 11 is 0. The highest BCUT2D eigenvalue weighted by atomic mass is 14.4. The highest BCUT2D eigenvalue weighted by molar-refractivity contribution is 4.88. The van der Waals surface area contributed by atoms with Gasteiger partial charge in [-0.3, -0.25) is 0 Å². The Morgan fingerprint density at radius 1 is 1.07 bits per heavy atom. The normalized spacial score (nSPS) is 39.9. The van der Waals surface area contributed by atoms with Gasteiger partial charge in [-0.05, 0) is 41.9 Å². The molecule has 0 aromatic carbocycles. The van der Waals surface area contributed by atoms with Crippen LogP contribution in [0.25, 0.3) is 0 Å². The van der Waals surface area contributed by atoms with Gasteiger partial charge in [-0.25, -0.2) is 0 Å². The van der Waals surface area contributed by atoms with E-state index in [9.17, 15) is 0 Å². The van der Waals surface area contributed by atoms with Gasteiger partial charge in [0, 0.05) is 0 Å². The van der Waals surface area contributed by atoms with Crippen molar-refractivity contribution < 1.29 is 0 Å². The van der Waals surface area contributed by atoms with Crippen molar-refractivity contribution in [2.75, 3.05) is 0 Å².